The highest BCUT2D eigenvalue weighted by Crippen LogP contribution is 2.13. The van der Waals surface area contributed by atoms with Crippen LogP contribution < -0.4 is 10.1 Å². The fraction of sp³-hybridized carbons (Fsp3) is 0.500. The second-order valence-corrected chi connectivity index (χ2v) is 7.29. The molecule has 0 saturated carbocycles. The van der Waals surface area contributed by atoms with Crippen molar-refractivity contribution >= 4 is 16.9 Å². The van der Waals surface area contributed by atoms with E-state index in [1.165, 1.54) is 18.8 Å². The van der Waals surface area contributed by atoms with Crippen LogP contribution in [0.5, 0.6) is 5.75 Å². The molecule has 0 aliphatic rings. The summed E-state index contributed by atoms with van der Waals surface area (Å²) in [6.07, 6.45) is 4.12. The molecule has 0 bridgehead atoms. The van der Waals surface area contributed by atoms with Crippen LogP contribution in [0.3, 0.4) is 0 Å². The summed E-state index contributed by atoms with van der Waals surface area (Å²) < 4.78 is 18.9. The van der Waals surface area contributed by atoms with E-state index in [9.17, 15) is 9.18 Å². The van der Waals surface area contributed by atoms with Crippen LogP contribution in [0, 0.1) is 12.9 Å². The van der Waals surface area contributed by atoms with Gasteiger partial charge in [-0.05, 0) is 43.3 Å². The maximum Gasteiger partial charge on any atom is 0.271 e. The van der Waals surface area contributed by atoms with Gasteiger partial charge in [0, 0.05) is 25.8 Å². The third kappa shape index (κ3) is 12.0. The zero-order valence-corrected chi connectivity index (χ0v) is 23.3. The van der Waals surface area contributed by atoms with Gasteiger partial charge in [-0.3, -0.25) is 14.7 Å². The maximum absolute atomic E-state index is 13.5. The predicted octanol–water partition coefficient (Wildman–Crippen LogP) is 6.07. The molecule has 1 amide bonds. The average Bonchev–Trinajstić information content (AvgIpc) is 2.91. The smallest absolute Gasteiger partial charge is 0.271 e. The van der Waals surface area contributed by atoms with E-state index in [-0.39, 0.29) is 11.7 Å². The van der Waals surface area contributed by atoms with Crippen LogP contribution in [0.25, 0.3) is 11.0 Å². The van der Waals surface area contributed by atoms with Gasteiger partial charge in [-0.15, -0.1) is 0 Å². The summed E-state index contributed by atoms with van der Waals surface area (Å²) in [5.41, 5.74) is 2.85. The molecular formula is C28H44FN5O2. The van der Waals surface area contributed by atoms with Gasteiger partial charge in [0.05, 0.1) is 17.2 Å². The number of amides is 1. The first kappa shape index (κ1) is 32.9. The number of aromatic nitrogens is 3. The largest absolute Gasteiger partial charge is 0.487 e. The van der Waals surface area contributed by atoms with Gasteiger partial charge in [0.15, 0.2) is 5.75 Å². The van der Waals surface area contributed by atoms with Crippen LogP contribution in [-0.4, -0.2) is 58.5 Å². The van der Waals surface area contributed by atoms with Crippen LogP contribution in [0.1, 0.15) is 70.9 Å². The van der Waals surface area contributed by atoms with Crippen molar-refractivity contribution in [2.45, 2.75) is 61.8 Å². The molecule has 36 heavy (non-hydrogen) atoms. The monoisotopic (exact) mass is 501 g/mol. The van der Waals surface area contributed by atoms with Crippen molar-refractivity contribution < 1.29 is 13.9 Å². The van der Waals surface area contributed by atoms with Gasteiger partial charge in [-0.25, -0.2) is 9.97 Å². The minimum absolute atomic E-state index is 0.141. The summed E-state index contributed by atoms with van der Waals surface area (Å²) in [5, 5.41) is 2.86. The second-order valence-electron chi connectivity index (χ2n) is 7.29. The molecule has 0 unspecified atom stereocenters. The fourth-order valence-corrected chi connectivity index (χ4v) is 2.84. The maximum atomic E-state index is 13.5. The molecular weight excluding hydrogens is 457 g/mol. The molecule has 8 heteroatoms. The third-order valence-corrected chi connectivity index (χ3v) is 4.48. The quantitative estimate of drug-likeness (QED) is 0.358. The van der Waals surface area contributed by atoms with Crippen molar-refractivity contribution in [1.29, 1.82) is 0 Å². The molecule has 1 N–H and O–H groups in total. The third-order valence-electron chi connectivity index (χ3n) is 4.48. The molecule has 0 fully saturated rings. The molecule has 0 radical (unpaired) electrons. The Morgan fingerprint density at radius 3 is 2.36 bits per heavy atom. The molecule has 200 valence electrons. The minimum atomic E-state index is -0.616. The van der Waals surface area contributed by atoms with E-state index in [1.807, 2.05) is 59.7 Å². The highest BCUT2D eigenvalue weighted by molar-refractivity contribution is 5.93. The minimum Gasteiger partial charge on any atom is -0.487 e. The Kier molecular flexibility index (Phi) is 18.4. The van der Waals surface area contributed by atoms with Crippen LogP contribution in [0.15, 0.2) is 42.7 Å². The summed E-state index contributed by atoms with van der Waals surface area (Å²) in [4.78, 5) is 26.7. The number of rotatable bonds is 9. The van der Waals surface area contributed by atoms with E-state index < -0.39 is 5.95 Å². The Balaban J connectivity index is 0.00000159. The Morgan fingerprint density at radius 2 is 1.72 bits per heavy atom. The average molecular weight is 502 g/mol. The lowest BCUT2D eigenvalue weighted by atomic mass is 10.2. The van der Waals surface area contributed by atoms with E-state index in [4.69, 9.17) is 4.74 Å². The number of fused-ring (bicyclic) bond motifs is 1. The number of carbonyl (C=O) groups is 1. The number of halogens is 1. The van der Waals surface area contributed by atoms with Gasteiger partial charge in [0.2, 0.25) is 0 Å². The molecule has 0 aliphatic carbocycles. The van der Waals surface area contributed by atoms with Crippen molar-refractivity contribution in [3.63, 3.8) is 0 Å². The fourth-order valence-electron chi connectivity index (χ4n) is 2.84. The van der Waals surface area contributed by atoms with E-state index in [0.717, 1.165) is 17.6 Å². The topological polar surface area (TPSA) is 80.2 Å². The first-order valence-electron chi connectivity index (χ1n) is 13.0. The zero-order chi connectivity index (χ0) is 27.3. The van der Waals surface area contributed by atoms with Crippen molar-refractivity contribution in [1.82, 2.24) is 25.2 Å². The lowest BCUT2D eigenvalue weighted by Crippen LogP contribution is -2.37. The van der Waals surface area contributed by atoms with Gasteiger partial charge in [-0.1, -0.05) is 61.0 Å². The van der Waals surface area contributed by atoms with Crippen molar-refractivity contribution in [3.05, 3.63) is 59.9 Å². The predicted molar refractivity (Wildman–Crippen MR) is 147 cm³/mol. The summed E-state index contributed by atoms with van der Waals surface area (Å²) in [5.74, 6) is -0.735. The van der Waals surface area contributed by atoms with Crippen LogP contribution >= 0.6 is 0 Å². The standard InChI is InChI=1S/C21H24FN5O2.C3H8.2C2H6/c1-3-27(11-12-29-19-5-4-8-23-20(19)22)10-9-24-21(28)18-14-25-17-13-15(2)6-7-16(17)26-18;1-3-2;2*1-2/h4-8,13-14H,3,9-12H2,1-2H3,(H,24,28);3H2,1-2H3;2*1-2H3. The lowest BCUT2D eigenvalue weighted by molar-refractivity contribution is 0.0942. The van der Waals surface area contributed by atoms with Gasteiger partial charge in [-0.2, -0.15) is 4.39 Å². The van der Waals surface area contributed by atoms with E-state index in [0.29, 0.717) is 37.5 Å². The lowest BCUT2D eigenvalue weighted by Gasteiger charge is -2.20. The molecule has 0 spiro atoms. The molecule has 2 heterocycles. The molecule has 0 saturated heterocycles. The van der Waals surface area contributed by atoms with Gasteiger partial charge < -0.3 is 10.1 Å². The van der Waals surface area contributed by atoms with E-state index in [2.05, 4.69) is 39.0 Å². The highest BCUT2D eigenvalue weighted by atomic mass is 19.1. The Morgan fingerprint density at radius 1 is 1.03 bits per heavy atom. The number of nitrogens with one attached hydrogen (secondary N) is 1. The SMILES string of the molecule is CC.CC.CCC.CCN(CCNC(=O)c1cnc2cc(C)ccc2n1)CCOc1cccnc1F. The second kappa shape index (κ2) is 20.1. The Hall–Kier alpha value is -3.13. The molecule has 3 aromatic rings. The van der Waals surface area contributed by atoms with E-state index in [1.54, 1.807) is 12.1 Å². The first-order chi connectivity index (χ1) is 17.5. The summed E-state index contributed by atoms with van der Waals surface area (Å²) in [6.45, 7) is 19.1. The number of benzene rings is 1. The molecule has 1 aromatic carbocycles. The molecule has 0 aliphatic heterocycles. The van der Waals surface area contributed by atoms with Gasteiger partial charge in [0.25, 0.3) is 11.9 Å². The van der Waals surface area contributed by atoms with Crippen LogP contribution in [0.4, 0.5) is 4.39 Å². The zero-order valence-electron chi connectivity index (χ0n) is 23.3. The Labute approximate surface area is 216 Å². The molecule has 3 rings (SSSR count). The number of aryl methyl sites for hydroxylation is 1. The normalized spacial score (nSPS) is 9.72. The highest BCUT2D eigenvalue weighted by Gasteiger charge is 2.10. The van der Waals surface area contributed by atoms with Crippen molar-refractivity contribution in [3.8, 4) is 5.75 Å². The first-order valence-corrected chi connectivity index (χ1v) is 13.0. The van der Waals surface area contributed by atoms with Crippen molar-refractivity contribution in [2.24, 2.45) is 0 Å². The molecule has 7 nitrogen and oxygen atoms in total. The van der Waals surface area contributed by atoms with Gasteiger partial charge in [0.1, 0.15) is 12.3 Å². The number of carbonyl (C=O) groups excluding carboxylic acids is 1. The molecule has 2 aromatic heterocycles. The van der Waals surface area contributed by atoms with E-state index >= 15 is 0 Å². The van der Waals surface area contributed by atoms with Crippen molar-refractivity contribution in [2.75, 3.05) is 32.8 Å². The number of nitrogens with zero attached hydrogens (tertiary/aromatic N) is 4. The number of ether oxygens (including phenoxy) is 1. The van der Waals surface area contributed by atoms with Gasteiger partial charge >= 0.3 is 0 Å². The van der Waals surface area contributed by atoms with Crippen LogP contribution in [0.2, 0.25) is 0 Å². The summed E-state index contributed by atoms with van der Waals surface area (Å²) >= 11 is 0. The number of hydrogen-bond donors (Lipinski definition) is 1. The van der Waals surface area contributed by atoms with Crippen LogP contribution in [-0.2, 0) is 0 Å². The summed E-state index contributed by atoms with van der Waals surface area (Å²) in [7, 11) is 0. The summed E-state index contributed by atoms with van der Waals surface area (Å²) in [6, 6.07) is 8.91. The Bertz CT molecular complexity index is 1000. The number of hydrogen-bond acceptors (Lipinski definition) is 6. The number of likely N-dealkylation sites (N-methyl/N-ethyl adjacent to an activating group) is 1. The number of pyridine rings is 1. The molecule has 0 atom stereocenters.